The Labute approximate surface area is 228 Å². The first-order valence-corrected chi connectivity index (χ1v) is 13.5. The summed E-state index contributed by atoms with van der Waals surface area (Å²) in [4.78, 5) is 42.9. The van der Waals surface area contributed by atoms with Gasteiger partial charge in [0.25, 0.3) is 5.91 Å². The fraction of sp³-hybridized carbons (Fsp3) is 0.464. The third kappa shape index (κ3) is 8.44. The molecule has 0 saturated carbocycles. The zero-order valence-electron chi connectivity index (χ0n) is 21.5. The van der Waals surface area contributed by atoms with Gasteiger partial charge in [0.2, 0.25) is 11.8 Å². The number of benzene rings is 2. The van der Waals surface area contributed by atoms with Gasteiger partial charge in [0, 0.05) is 31.2 Å². The Morgan fingerprint density at radius 3 is 2.61 bits per heavy atom. The van der Waals surface area contributed by atoms with Gasteiger partial charge in [-0.2, -0.15) is 0 Å². The lowest BCUT2D eigenvalue weighted by Gasteiger charge is -2.30. The van der Waals surface area contributed by atoms with Crippen molar-refractivity contribution in [1.82, 2.24) is 20.4 Å². The van der Waals surface area contributed by atoms with Crippen molar-refractivity contribution in [2.45, 2.75) is 25.3 Å². The van der Waals surface area contributed by atoms with Gasteiger partial charge in [0.15, 0.2) is 0 Å². The lowest BCUT2D eigenvalue weighted by atomic mass is 10.1. The molecule has 2 aliphatic heterocycles. The number of nitrogens with one attached hydrogen (secondary N) is 2. The Bertz CT molecular complexity index is 1090. The van der Waals surface area contributed by atoms with E-state index in [0.29, 0.717) is 75.0 Å². The van der Waals surface area contributed by atoms with Crippen LogP contribution in [-0.2, 0) is 20.7 Å². The van der Waals surface area contributed by atoms with Gasteiger partial charge in [-0.05, 0) is 43.0 Å². The predicted octanol–water partition coefficient (Wildman–Crippen LogP) is 2.13. The second-order valence-corrected chi connectivity index (χ2v) is 10.0. The Morgan fingerprint density at radius 2 is 1.82 bits per heavy atom. The number of carbonyl (C=O) groups excluding carboxylic acids is 3. The molecule has 0 bridgehead atoms. The van der Waals surface area contributed by atoms with Crippen LogP contribution >= 0.6 is 11.6 Å². The molecule has 0 aromatic heterocycles. The normalized spacial score (nSPS) is 20.2. The van der Waals surface area contributed by atoms with Crippen molar-refractivity contribution in [3.8, 4) is 5.75 Å². The van der Waals surface area contributed by atoms with Crippen LogP contribution in [0.5, 0.6) is 5.75 Å². The Kier molecular flexibility index (Phi) is 10.4. The number of rotatable bonds is 4. The van der Waals surface area contributed by atoms with E-state index in [-0.39, 0.29) is 43.5 Å². The maximum Gasteiger partial charge on any atom is 0.255 e. The van der Waals surface area contributed by atoms with Gasteiger partial charge >= 0.3 is 0 Å². The molecular weight excluding hydrogens is 508 g/mol. The molecule has 9 nitrogen and oxygen atoms in total. The van der Waals surface area contributed by atoms with Crippen molar-refractivity contribution < 1.29 is 23.9 Å². The van der Waals surface area contributed by atoms with Crippen LogP contribution in [0, 0.1) is 0 Å². The molecule has 2 heterocycles. The van der Waals surface area contributed by atoms with Crippen LogP contribution in [0.3, 0.4) is 0 Å². The van der Waals surface area contributed by atoms with Crippen LogP contribution in [0.1, 0.15) is 28.8 Å². The topological polar surface area (TPSA) is 100 Å². The van der Waals surface area contributed by atoms with E-state index in [2.05, 4.69) is 10.6 Å². The zero-order chi connectivity index (χ0) is 26.7. The molecule has 4 rings (SSSR count). The number of amides is 3. The Morgan fingerprint density at radius 1 is 1.03 bits per heavy atom. The lowest BCUT2D eigenvalue weighted by Crippen LogP contribution is -2.50. The third-order valence-electron chi connectivity index (χ3n) is 6.61. The SMILES string of the molecule is O=C1CN(C(=O)CN2CCOCC2)CCCCNC(=O)c2cc(Cl)ccc2OC[C@@H](Cc2ccccc2)N1. The maximum atomic E-state index is 13.2. The molecule has 2 aliphatic rings. The van der Waals surface area contributed by atoms with Crippen LogP contribution in [0.4, 0.5) is 0 Å². The van der Waals surface area contributed by atoms with E-state index in [1.165, 1.54) is 0 Å². The largest absolute Gasteiger partial charge is 0.491 e. The van der Waals surface area contributed by atoms with Crippen LogP contribution in [0.15, 0.2) is 48.5 Å². The second-order valence-electron chi connectivity index (χ2n) is 9.57. The first-order chi connectivity index (χ1) is 18.5. The highest BCUT2D eigenvalue weighted by Gasteiger charge is 2.24. The van der Waals surface area contributed by atoms with Gasteiger partial charge in [0.05, 0.1) is 37.9 Å². The van der Waals surface area contributed by atoms with Crippen LogP contribution in [0.25, 0.3) is 0 Å². The van der Waals surface area contributed by atoms with Gasteiger partial charge < -0.3 is 25.0 Å². The predicted molar refractivity (Wildman–Crippen MR) is 144 cm³/mol. The van der Waals surface area contributed by atoms with Crippen molar-refractivity contribution in [2.75, 3.05) is 59.1 Å². The standard InChI is InChI=1S/C28H35ClN4O5/c29-22-8-9-25-24(17-22)28(36)30-10-4-5-11-33(27(35)19-32-12-14-37-15-13-32)18-26(34)31-23(20-38-25)16-21-6-2-1-3-7-21/h1-3,6-9,17,23H,4-5,10-16,18-20H2,(H,30,36)(H,31,34)/t23-/m1/s1. The number of fused-ring (bicyclic) bond motifs is 1. The highest BCUT2D eigenvalue weighted by atomic mass is 35.5. The molecule has 3 amide bonds. The van der Waals surface area contributed by atoms with Gasteiger partial charge in [-0.1, -0.05) is 41.9 Å². The van der Waals surface area contributed by atoms with E-state index in [0.717, 1.165) is 5.56 Å². The Balaban J connectivity index is 1.51. The first-order valence-electron chi connectivity index (χ1n) is 13.1. The number of nitrogens with zero attached hydrogens (tertiary/aromatic N) is 2. The molecule has 0 radical (unpaired) electrons. The summed E-state index contributed by atoms with van der Waals surface area (Å²) in [6, 6.07) is 14.3. The van der Waals surface area contributed by atoms with Crippen molar-refractivity contribution in [3.63, 3.8) is 0 Å². The van der Waals surface area contributed by atoms with Crippen molar-refractivity contribution in [3.05, 3.63) is 64.7 Å². The third-order valence-corrected chi connectivity index (χ3v) is 6.84. The van der Waals surface area contributed by atoms with Gasteiger partial charge in [0.1, 0.15) is 12.4 Å². The molecule has 1 atom stereocenters. The van der Waals surface area contributed by atoms with Crippen LogP contribution in [-0.4, -0.2) is 92.7 Å². The highest BCUT2D eigenvalue weighted by Crippen LogP contribution is 2.23. The average Bonchev–Trinajstić information content (AvgIpc) is 2.92. The molecule has 10 heteroatoms. The molecule has 1 saturated heterocycles. The number of halogens is 1. The van der Waals surface area contributed by atoms with Gasteiger partial charge in [-0.15, -0.1) is 0 Å². The van der Waals surface area contributed by atoms with Crippen LogP contribution < -0.4 is 15.4 Å². The minimum atomic E-state index is -0.377. The van der Waals surface area contributed by atoms with E-state index in [1.807, 2.05) is 35.2 Å². The van der Waals surface area contributed by atoms with Gasteiger partial charge in [-0.3, -0.25) is 19.3 Å². The first kappa shape index (κ1) is 27.9. The number of hydrogen-bond donors (Lipinski definition) is 2. The minimum Gasteiger partial charge on any atom is -0.491 e. The van der Waals surface area contributed by atoms with Crippen molar-refractivity contribution >= 4 is 29.3 Å². The molecule has 0 spiro atoms. The monoisotopic (exact) mass is 542 g/mol. The molecule has 2 aromatic rings. The quantitative estimate of drug-likeness (QED) is 0.614. The average molecular weight is 543 g/mol. The minimum absolute atomic E-state index is 0.0347. The second kappa shape index (κ2) is 14.1. The van der Waals surface area contributed by atoms with E-state index in [9.17, 15) is 14.4 Å². The summed E-state index contributed by atoms with van der Waals surface area (Å²) in [7, 11) is 0. The fourth-order valence-electron chi connectivity index (χ4n) is 4.56. The van der Waals surface area contributed by atoms with Crippen molar-refractivity contribution in [2.24, 2.45) is 0 Å². The van der Waals surface area contributed by atoms with Gasteiger partial charge in [-0.25, -0.2) is 0 Å². The summed E-state index contributed by atoms with van der Waals surface area (Å²) in [6.45, 7) is 3.80. The van der Waals surface area contributed by atoms with Crippen molar-refractivity contribution in [1.29, 1.82) is 0 Å². The number of morpholine rings is 1. The van der Waals surface area contributed by atoms with E-state index in [4.69, 9.17) is 21.1 Å². The van der Waals surface area contributed by atoms with E-state index in [1.54, 1.807) is 23.1 Å². The molecule has 38 heavy (non-hydrogen) atoms. The molecule has 0 unspecified atom stereocenters. The molecule has 0 aliphatic carbocycles. The Hall–Kier alpha value is -3.14. The summed E-state index contributed by atoms with van der Waals surface area (Å²) in [5, 5.41) is 6.41. The zero-order valence-corrected chi connectivity index (χ0v) is 22.3. The summed E-state index contributed by atoms with van der Waals surface area (Å²) in [5.41, 5.74) is 1.38. The molecular formula is C28H35ClN4O5. The number of carbonyl (C=O) groups is 3. The summed E-state index contributed by atoms with van der Waals surface area (Å²) in [5.74, 6) is -0.212. The highest BCUT2D eigenvalue weighted by molar-refractivity contribution is 6.31. The molecule has 1 fully saturated rings. The van der Waals surface area contributed by atoms with E-state index < -0.39 is 0 Å². The summed E-state index contributed by atoms with van der Waals surface area (Å²) >= 11 is 6.17. The maximum absolute atomic E-state index is 13.2. The smallest absolute Gasteiger partial charge is 0.255 e. The fourth-order valence-corrected chi connectivity index (χ4v) is 4.73. The summed E-state index contributed by atoms with van der Waals surface area (Å²) in [6.07, 6.45) is 1.83. The van der Waals surface area contributed by atoms with E-state index >= 15 is 0 Å². The number of ether oxygens (including phenoxy) is 2. The van der Waals surface area contributed by atoms with Crippen LogP contribution in [0.2, 0.25) is 5.02 Å². The lowest BCUT2D eigenvalue weighted by molar-refractivity contribution is -0.138. The molecule has 204 valence electrons. The molecule has 2 aromatic carbocycles. The molecule has 2 N–H and O–H groups in total. The number of hydrogen-bond acceptors (Lipinski definition) is 6. The summed E-state index contributed by atoms with van der Waals surface area (Å²) < 4.78 is 11.4.